The molecular formula is C10H20N2O2. The number of amides is 2. The molecule has 0 aliphatic carbocycles. The van der Waals surface area contributed by atoms with Gasteiger partial charge in [-0.15, -0.1) is 0 Å². The zero-order valence-corrected chi connectivity index (χ0v) is 9.01. The minimum absolute atomic E-state index is 0.0639. The molecular weight excluding hydrogens is 180 g/mol. The average molecular weight is 200 g/mol. The second kappa shape index (κ2) is 5.86. The summed E-state index contributed by atoms with van der Waals surface area (Å²) in [5.41, 5.74) is 0. The third-order valence-corrected chi connectivity index (χ3v) is 2.59. The van der Waals surface area contributed by atoms with Crippen molar-refractivity contribution in [3.8, 4) is 0 Å². The predicted molar refractivity (Wildman–Crippen MR) is 55.2 cm³/mol. The van der Waals surface area contributed by atoms with Gasteiger partial charge in [-0.25, -0.2) is 4.79 Å². The maximum Gasteiger partial charge on any atom is 0.314 e. The van der Waals surface area contributed by atoms with Crippen molar-refractivity contribution in [3.05, 3.63) is 0 Å². The highest BCUT2D eigenvalue weighted by atomic mass is 16.5. The zero-order valence-electron chi connectivity index (χ0n) is 9.01. The molecule has 0 bridgehead atoms. The first-order chi connectivity index (χ1) is 6.74. The van der Waals surface area contributed by atoms with Crippen LogP contribution in [0.5, 0.6) is 0 Å². The number of ether oxygens (including phenoxy) is 1. The molecule has 2 unspecified atom stereocenters. The first-order valence-electron chi connectivity index (χ1n) is 5.37. The Kier molecular flexibility index (Phi) is 4.73. The maximum absolute atomic E-state index is 11.2. The van der Waals surface area contributed by atoms with E-state index in [-0.39, 0.29) is 12.1 Å². The fourth-order valence-corrected chi connectivity index (χ4v) is 1.57. The molecule has 2 atom stereocenters. The Hall–Kier alpha value is -0.770. The summed E-state index contributed by atoms with van der Waals surface area (Å²) in [6.07, 6.45) is 2.30. The van der Waals surface area contributed by atoms with Gasteiger partial charge in [-0.3, -0.25) is 0 Å². The Morgan fingerprint density at radius 3 is 2.86 bits per heavy atom. The van der Waals surface area contributed by atoms with Crippen molar-refractivity contribution in [1.29, 1.82) is 0 Å². The van der Waals surface area contributed by atoms with Crippen LogP contribution in [0.3, 0.4) is 0 Å². The van der Waals surface area contributed by atoms with Crippen LogP contribution in [0.2, 0.25) is 0 Å². The number of rotatable bonds is 4. The summed E-state index contributed by atoms with van der Waals surface area (Å²) in [7, 11) is 0. The van der Waals surface area contributed by atoms with Crippen LogP contribution in [-0.4, -0.2) is 31.8 Å². The highest BCUT2D eigenvalue weighted by Gasteiger charge is 2.24. The third-order valence-electron chi connectivity index (χ3n) is 2.59. The molecule has 4 nitrogen and oxygen atoms in total. The normalized spacial score (nSPS) is 26.1. The van der Waals surface area contributed by atoms with E-state index in [2.05, 4.69) is 17.6 Å². The first kappa shape index (κ1) is 11.3. The molecule has 1 aliphatic rings. The first-order valence-corrected chi connectivity index (χ1v) is 5.37. The molecule has 0 aromatic heterocycles. The number of nitrogens with one attached hydrogen (secondary N) is 2. The minimum atomic E-state index is -0.0639. The van der Waals surface area contributed by atoms with Crippen LogP contribution in [0.1, 0.15) is 26.7 Å². The number of carbonyl (C=O) groups is 1. The number of carbonyl (C=O) groups excluding carboxylic acids is 1. The molecule has 1 rings (SSSR count). The number of urea groups is 1. The molecule has 82 valence electrons. The standard InChI is InChI=1S/C10H20N2O2/c1-3-5-11-10(13)12-7-9-4-6-14-8(9)2/h8-9H,3-7H2,1-2H3,(H2,11,12,13). The summed E-state index contributed by atoms with van der Waals surface area (Å²) in [6, 6.07) is -0.0639. The van der Waals surface area contributed by atoms with E-state index in [1.165, 1.54) is 0 Å². The molecule has 4 heteroatoms. The fraction of sp³-hybridized carbons (Fsp3) is 0.900. The smallest absolute Gasteiger partial charge is 0.314 e. The van der Waals surface area contributed by atoms with Gasteiger partial charge in [0.2, 0.25) is 0 Å². The van der Waals surface area contributed by atoms with Crippen molar-refractivity contribution in [3.63, 3.8) is 0 Å². The highest BCUT2D eigenvalue weighted by Crippen LogP contribution is 2.18. The zero-order chi connectivity index (χ0) is 10.4. The summed E-state index contributed by atoms with van der Waals surface area (Å²) in [6.45, 7) is 6.37. The molecule has 14 heavy (non-hydrogen) atoms. The fourth-order valence-electron chi connectivity index (χ4n) is 1.57. The second-order valence-corrected chi connectivity index (χ2v) is 3.76. The van der Waals surface area contributed by atoms with Gasteiger partial charge in [-0.1, -0.05) is 6.92 Å². The lowest BCUT2D eigenvalue weighted by Gasteiger charge is -2.14. The minimum Gasteiger partial charge on any atom is -0.378 e. The largest absolute Gasteiger partial charge is 0.378 e. The molecule has 2 N–H and O–H groups in total. The molecule has 0 aromatic rings. The number of hydrogen-bond donors (Lipinski definition) is 2. The van der Waals surface area contributed by atoms with Crippen LogP contribution in [0.25, 0.3) is 0 Å². The molecule has 2 amide bonds. The van der Waals surface area contributed by atoms with E-state index in [4.69, 9.17) is 4.74 Å². The molecule has 0 spiro atoms. The van der Waals surface area contributed by atoms with Crippen molar-refractivity contribution in [2.45, 2.75) is 32.8 Å². The Labute approximate surface area is 85.4 Å². The lowest BCUT2D eigenvalue weighted by atomic mass is 10.0. The summed E-state index contributed by atoms with van der Waals surface area (Å²) in [4.78, 5) is 11.2. The summed E-state index contributed by atoms with van der Waals surface area (Å²) in [5, 5.41) is 5.64. The molecule has 1 fully saturated rings. The van der Waals surface area contributed by atoms with Crippen molar-refractivity contribution in [2.75, 3.05) is 19.7 Å². The van der Waals surface area contributed by atoms with E-state index in [1.807, 2.05) is 6.92 Å². The van der Waals surface area contributed by atoms with Gasteiger partial charge in [0.1, 0.15) is 0 Å². The monoisotopic (exact) mass is 200 g/mol. The van der Waals surface area contributed by atoms with Gasteiger partial charge >= 0.3 is 6.03 Å². The Morgan fingerprint density at radius 2 is 2.29 bits per heavy atom. The van der Waals surface area contributed by atoms with Gasteiger partial charge in [0, 0.05) is 25.6 Å². The summed E-state index contributed by atoms with van der Waals surface area (Å²) in [5.74, 6) is 0.474. The third kappa shape index (κ3) is 3.54. The predicted octanol–water partition coefficient (Wildman–Crippen LogP) is 1.12. The molecule has 0 aromatic carbocycles. The molecule has 0 saturated carbocycles. The lowest BCUT2D eigenvalue weighted by molar-refractivity contribution is 0.106. The van der Waals surface area contributed by atoms with E-state index in [1.54, 1.807) is 0 Å². The Morgan fingerprint density at radius 1 is 1.50 bits per heavy atom. The van der Waals surface area contributed by atoms with Gasteiger partial charge in [0.05, 0.1) is 6.10 Å². The Balaban J connectivity index is 2.10. The quantitative estimate of drug-likeness (QED) is 0.714. The van der Waals surface area contributed by atoms with Gasteiger partial charge in [-0.2, -0.15) is 0 Å². The van der Waals surface area contributed by atoms with Gasteiger partial charge in [0.25, 0.3) is 0 Å². The van der Waals surface area contributed by atoms with Crippen molar-refractivity contribution in [2.24, 2.45) is 5.92 Å². The second-order valence-electron chi connectivity index (χ2n) is 3.76. The molecule has 0 radical (unpaired) electrons. The average Bonchev–Trinajstić information content (AvgIpc) is 2.58. The van der Waals surface area contributed by atoms with Gasteiger partial charge in [-0.05, 0) is 19.8 Å². The van der Waals surface area contributed by atoms with E-state index in [0.29, 0.717) is 5.92 Å². The van der Waals surface area contributed by atoms with Gasteiger partial charge < -0.3 is 15.4 Å². The van der Waals surface area contributed by atoms with Crippen molar-refractivity contribution < 1.29 is 9.53 Å². The maximum atomic E-state index is 11.2. The van der Waals surface area contributed by atoms with Crippen LogP contribution in [0.4, 0.5) is 4.79 Å². The lowest BCUT2D eigenvalue weighted by Crippen LogP contribution is -2.39. The molecule has 1 saturated heterocycles. The van der Waals surface area contributed by atoms with E-state index in [9.17, 15) is 4.79 Å². The molecule has 1 aliphatic heterocycles. The Bertz CT molecular complexity index is 185. The highest BCUT2D eigenvalue weighted by molar-refractivity contribution is 5.73. The van der Waals surface area contributed by atoms with Crippen LogP contribution in [-0.2, 0) is 4.74 Å². The van der Waals surface area contributed by atoms with Crippen LogP contribution >= 0.6 is 0 Å². The van der Waals surface area contributed by atoms with Crippen LogP contribution < -0.4 is 10.6 Å². The van der Waals surface area contributed by atoms with Crippen LogP contribution in [0, 0.1) is 5.92 Å². The summed E-state index contributed by atoms with van der Waals surface area (Å²) < 4.78 is 5.41. The van der Waals surface area contributed by atoms with E-state index >= 15 is 0 Å². The topological polar surface area (TPSA) is 50.4 Å². The van der Waals surface area contributed by atoms with Crippen molar-refractivity contribution >= 4 is 6.03 Å². The summed E-state index contributed by atoms with van der Waals surface area (Å²) >= 11 is 0. The van der Waals surface area contributed by atoms with E-state index < -0.39 is 0 Å². The molecule has 1 heterocycles. The van der Waals surface area contributed by atoms with Crippen molar-refractivity contribution in [1.82, 2.24) is 10.6 Å². The van der Waals surface area contributed by atoms with Gasteiger partial charge in [0.15, 0.2) is 0 Å². The van der Waals surface area contributed by atoms with E-state index in [0.717, 1.165) is 32.5 Å². The number of hydrogen-bond acceptors (Lipinski definition) is 2. The SMILES string of the molecule is CCCNC(=O)NCC1CCOC1C. The van der Waals surface area contributed by atoms with Crippen LogP contribution in [0.15, 0.2) is 0 Å².